The Labute approximate surface area is 300 Å². The number of nitrogens with one attached hydrogen (secondary N) is 1. The van der Waals surface area contributed by atoms with E-state index in [1.807, 2.05) is 43.3 Å². The number of hydrogen-bond donors (Lipinski definition) is 3. The molecular weight excluding hydrogens is 653 g/mol. The van der Waals surface area contributed by atoms with E-state index in [0.717, 1.165) is 77.5 Å². The number of unbranched alkanes of at least 4 members (excludes halogenated alkanes) is 2. The maximum atomic E-state index is 11.7. The van der Waals surface area contributed by atoms with Crippen molar-refractivity contribution in [2.75, 3.05) is 38.4 Å². The van der Waals surface area contributed by atoms with Crippen LogP contribution in [0, 0.1) is 17.8 Å². The molecule has 270 valence electrons. The number of amides is 1. The fraction of sp³-hybridized carbons (Fsp3) is 0.500. The predicted molar refractivity (Wildman–Crippen MR) is 199 cm³/mol. The van der Waals surface area contributed by atoms with Crippen LogP contribution in [-0.2, 0) is 14.4 Å². The molecule has 0 aromatic heterocycles. The van der Waals surface area contributed by atoms with Gasteiger partial charge >= 0.3 is 0 Å². The largest absolute Gasteiger partial charge is 0.490 e. The number of carbonyl (C=O) groups excluding carboxylic acids is 1. The number of aliphatic hydroxyl groups is 2. The molecule has 6 atom stereocenters. The fourth-order valence-electron chi connectivity index (χ4n) is 7.80. The molecule has 1 aliphatic heterocycles. The highest BCUT2D eigenvalue weighted by molar-refractivity contribution is 8.00. The van der Waals surface area contributed by atoms with Gasteiger partial charge in [-0.2, -0.15) is 0 Å². The van der Waals surface area contributed by atoms with E-state index in [2.05, 4.69) is 30.6 Å². The summed E-state index contributed by atoms with van der Waals surface area (Å²) >= 11 is 1.68. The summed E-state index contributed by atoms with van der Waals surface area (Å²) in [5, 5.41) is 26.9. The second-order valence-corrected chi connectivity index (χ2v) is 14.4. The molecule has 2 aromatic carbocycles. The molecular formula is C40H52N2O7S. The molecule has 1 fully saturated rings. The molecule has 9 nitrogen and oxygen atoms in total. The van der Waals surface area contributed by atoms with Crippen LogP contribution >= 0.6 is 11.8 Å². The maximum absolute atomic E-state index is 11.7. The Morgan fingerprint density at radius 2 is 1.80 bits per heavy atom. The number of rotatable bonds is 19. The van der Waals surface area contributed by atoms with E-state index in [0.29, 0.717) is 19.6 Å². The van der Waals surface area contributed by atoms with E-state index in [4.69, 9.17) is 24.2 Å². The van der Waals surface area contributed by atoms with Crippen LogP contribution in [0.25, 0.3) is 0 Å². The number of carbonyl (C=O) groups is 1. The molecule has 1 saturated carbocycles. The van der Waals surface area contributed by atoms with E-state index in [1.165, 1.54) is 6.92 Å². The molecule has 50 heavy (non-hydrogen) atoms. The van der Waals surface area contributed by atoms with E-state index >= 15 is 0 Å². The number of aliphatic hydroxyl groups excluding tert-OH is 2. The van der Waals surface area contributed by atoms with E-state index < -0.39 is 5.79 Å². The Morgan fingerprint density at radius 3 is 2.48 bits per heavy atom. The van der Waals surface area contributed by atoms with Gasteiger partial charge in [-0.3, -0.25) is 4.79 Å². The first-order valence-electron chi connectivity index (χ1n) is 17.9. The lowest BCUT2D eigenvalue weighted by atomic mass is 9.56. The van der Waals surface area contributed by atoms with Crippen molar-refractivity contribution >= 4 is 29.1 Å². The minimum atomic E-state index is -1.08. The van der Waals surface area contributed by atoms with Crippen LogP contribution in [0.1, 0.15) is 70.3 Å². The van der Waals surface area contributed by atoms with Crippen molar-refractivity contribution in [3.63, 3.8) is 0 Å². The molecule has 0 unspecified atom stereocenters. The minimum absolute atomic E-state index is 0.0222. The first-order chi connectivity index (χ1) is 24.4. The number of allylic oxidation sites excluding steroid dienone is 1. The molecule has 1 heterocycles. The van der Waals surface area contributed by atoms with Crippen molar-refractivity contribution < 1.29 is 34.1 Å². The van der Waals surface area contributed by atoms with Crippen molar-refractivity contribution in [1.82, 2.24) is 0 Å². The van der Waals surface area contributed by atoms with Crippen LogP contribution < -0.4 is 14.8 Å². The third-order valence-corrected chi connectivity index (χ3v) is 11.1. The van der Waals surface area contributed by atoms with Gasteiger partial charge in [0.1, 0.15) is 24.7 Å². The number of ether oxygens (including phenoxy) is 3. The van der Waals surface area contributed by atoms with E-state index in [-0.39, 0.29) is 54.6 Å². The molecule has 0 spiro atoms. The molecule has 0 saturated heterocycles. The highest BCUT2D eigenvalue weighted by atomic mass is 32.2. The van der Waals surface area contributed by atoms with Crippen molar-refractivity contribution in [1.29, 1.82) is 0 Å². The van der Waals surface area contributed by atoms with E-state index in [1.54, 1.807) is 23.9 Å². The average molecular weight is 705 g/mol. The van der Waals surface area contributed by atoms with Gasteiger partial charge in [0.15, 0.2) is 0 Å². The molecule has 0 radical (unpaired) electrons. The van der Waals surface area contributed by atoms with Gasteiger partial charge in [-0.15, -0.1) is 18.3 Å². The first kappa shape index (κ1) is 37.7. The maximum Gasteiger partial charge on any atom is 0.231 e. The van der Waals surface area contributed by atoms with E-state index in [9.17, 15) is 15.0 Å². The predicted octanol–water partition coefficient (Wildman–Crippen LogP) is 7.66. The standard InChI is InChI=1S/C40H52N2O7S/c1-5-22-46-30-16-19-36-34(25-30)38-32(13-9-11-21-44)28(12-8-10-20-43)24-33-35(42-48-7-3)26-37(40(49-36,39(33)38)47-23-6-2)50-31-17-14-29(15-18-31)41-27(4)45/h5-6,14-19,24-25,28,32,37-39,43-44H,1-2,7-13,20-23,26H2,3-4H3,(H,41,45)/t28-,32+,37-,38+,39+,40+/m0/s1. The average Bonchev–Trinajstić information content (AvgIpc) is 3.11. The fourth-order valence-corrected chi connectivity index (χ4v) is 9.09. The molecule has 3 aliphatic rings. The zero-order chi connectivity index (χ0) is 35.5. The van der Waals surface area contributed by atoms with Crippen LogP contribution in [0.4, 0.5) is 5.69 Å². The minimum Gasteiger partial charge on any atom is -0.490 e. The van der Waals surface area contributed by atoms with Crippen LogP contribution in [0.2, 0.25) is 0 Å². The highest BCUT2D eigenvalue weighted by Gasteiger charge is 2.64. The van der Waals surface area contributed by atoms with Crippen molar-refractivity contribution in [2.24, 2.45) is 22.9 Å². The zero-order valence-corrected chi connectivity index (χ0v) is 30.2. The number of thioether (sulfide) groups is 1. The van der Waals surface area contributed by atoms with Gasteiger partial charge in [-0.25, -0.2) is 0 Å². The van der Waals surface area contributed by atoms with Crippen LogP contribution in [0.5, 0.6) is 11.5 Å². The Balaban J connectivity index is 1.70. The topological polar surface area (TPSA) is 119 Å². The monoisotopic (exact) mass is 704 g/mol. The van der Waals surface area contributed by atoms with Gasteiger partial charge in [0.25, 0.3) is 0 Å². The molecule has 3 N–H and O–H groups in total. The lowest BCUT2D eigenvalue weighted by Crippen LogP contribution is -2.64. The van der Waals surface area contributed by atoms with Crippen LogP contribution in [0.15, 0.2) is 89.5 Å². The summed E-state index contributed by atoms with van der Waals surface area (Å²) in [5.41, 5.74) is 3.77. The van der Waals surface area contributed by atoms with Crippen LogP contribution in [-0.4, -0.2) is 65.9 Å². The SMILES string of the molecule is C=CCOc1ccc2c(c1)[C@H]1[C@H](CCCCO)[C@@H](CCCCO)C=C3C(=NOCC)C[C@H](Sc4ccc(NC(C)=O)cc4)[C@@](OCC=C)(O2)[C@H]31. The number of oxime groups is 1. The van der Waals surface area contributed by atoms with Gasteiger partial charge < -0.3 is 34.6 Å². The lowest BCUT2D eigenvalue weighted by molar-refractivity contribution is -0.223. The van der Waals surface area contributed by atoms with Crippen molar-refractivity contribution in [3.05, 3.63) is 85.0 Å². The Bertz CT molecular complexity index is 1530. The summed E-state index contributed by atoms with van der Waals surface area (Å²) in [4.78, 5) is 18.5. The van der Waals surface area contributed by atoms with Gasteiger partial charge in [-0.05, 0) is 92.5 Å². The van der Waals surface area contributed by atoms with Gasteiger partial charge in [0.05, 0.1) is 23.5 Å². The molecule has 5 rings (SSSR count). The lowest BCUT2D eigenvalue weighted by Gasteiger charge is -2.58. The number of benzene rings is 2. The second kappa shape index (κ2) is 18.1. The molecule has 10 heteroatoms. The zero-order valence-electron chi connectivity index (χ0n) is 29.4. The summed E-state index contributed by atoms with van der Waals surface area (Å²) in [6.45, 7) is 12.7. The Kier molecular flexibility index (Phi) is 13.6. The number of anilines is 1. The normalized spacial score (nSPS) is 25.8. The van der Waals surface area contributed by atoms with Crippen molar-refractivity contribution in [2.45, 2.75) is 80.6 Å². The summed E-state index contributed by atoms with van der Waals surface area (Å²) in [5.74, 6) is 0.455. The van der Waals surface area contributed by atoms with Crippen LogP contribution in [0.3, 0.4) is 0 Å². The third kappa shape index (κ3) is 8.48. The molecule has 1 amide bonds. The summed E-state index contributed by atoms with van der Waals surface area (Å²) in [6, 6.07) is 13.9. The molecule has 2 aliphatic carbocycles. The quantitative estimate of drug-likeness (QED) is 0.0776. The number of nitrogens with zero attached hydrogens (tertiary/aromatic N) is 1. The Morgan fingerprint density at radius 1 is 1.06 bits per heavy atom. The van der Waals surface area contributed by atoms with Gasteiger partial charge in [0.2, 0.25) is 11.7 Å². The first-order valence-corrected chi connectivity index (χ1v) is 18.7. The molecule has 2 aromatic rings. The van der Waals surface area contributed by atoms with Gasteiger partial charge in [0, 0.05) is 48.6 Å². The summed E-state index contributed by atoms with van der Waals surface area (Å²) in [6.07, 6.45) is 11.5. The second-order valence-electron chi connectivity index (χ2n) is 13.1. The number of fused-ring (bicyclic) bond motifs is 2. The third-order valence-electron chi connectivity index (χ3n) is 9.75. The highest BCUT2D eigenvalue weighted by Crippen LogP contribution is 2.63. The number of hydrogen-bond acceptors (Lipinski definition) is 9. The Hall–Kier alpha value is -3.57. The summed E-state index contributed by atoms with van der Waals surface area (Å²) < 4.78 is 20.2. The van der Waals surface area contributed by atoms with Gasteiger partial charge in [-0.1, -0.05) is 42.8 Å². The summed E-state index contributed by atoms with van der Waals surface area (Å²) in [7, 11) is 0. The smallest absolute Gasteiger partial charge is 0.231 e. The van der Waals surface area contributed by atoms with Crippen molar-refractivity contribution in [3.8, 4) is 11.5 Å². The molecule has 0 bridgehead atoms.